The van der Waals surface area contributed by atoms with Crippen molar-refractivity contribution in [1.29, 1.82) is 0 Å². The van der Waals surface area contributed by atoms with E-state index in [0.29, 0.717) is 11.4 Å². The molecular weight excluding hydrogens is 773 g/mol. The van der Waals surface area contributed by atoms with Gasteiger partial charge in [0.2, 0.25) is 0 Å². The highest BCUT2D eigenvalue weighted by atomic mass is 16.3. The first kappa shape index (κ1) is 35.2. The molecule has 0 bridgehead atoms. The summed E-state index contributed by atoms with van der Waals surface area (Å²) in [5, 5.41) is 9.29. The first-order valence-corrected chi connectivity index (χ1v) is 21.1. The first-order chi connectivity index (χ1) is 31.2. The molecule has 0 N–H and O–H groups in total. The van der Waals surface area contributed by atoms with Gasteiger partial charge >= 0.3 is 0 Å². The number of nitrogens with zero attached hydrogens (tertiary/aromatic N) is 4. The minimum Gasteiger partial charge on any atom is -0.454 e. The fourth-order valence-corrected chi connectivity index (χ4v) is 9.13. The summed E-state index contributed by atoms with van der Waals surface area (Å²) in [5.41, 5.74) is 13.1. The Labute approximate surface area is 360 Å². The molecule has 9 aromatic carbocycles. The van der Waals surface area contributed by atoms with Crippen molar-refractivity contribution in [2.45, 2.75) is 0 Å². The van der Waals surface area contributed by atoms with E-state index in [0.717, 1.165) is 77.8 Å². The lowest BCUT2D eigenvalue weighted by Crippen LogP contribution is -2.10. The van der Waals surface area contributed by atoms with Crippen LogP contribution in [0.3, 0.4) is 0 Å². The van der Waals surface area contributed by atoms with Crippen LogP contribution < -0.4 is 4.90 Å². The van der Waals surface area contributed by atoms with E-state index in [1.807, 2.05) is 54.6 Å². The molecule has 4 aromatic heterocycles. The van der Waals surface area contributed by atoms with Crippen LogP contribution in [0, 0.1) is 0 Å². The van der Waals surface area contributed by atoms with Crippen LogP contribution in [0.15, 0.2) is 215 Å². The van der Waals surface area contributed by atoms with Crippen LogP contribution in [0.4, 0.5) is 17.1 Å². The molecule has 0 saturated heterocycles. The summed E-state index contributed by atoms with van der Waals surface area (Å²) < 4.78 is 12.1. The third kappa shape index (κ3) is 5.92. The standard InChI is InChI=1S/C57H34N4O2/c1-2-8-38-31-39(14-13-35(38)7-1)40-21-27-46-41(32-40)15-16-42-33-45(26-28-47(42)46)61(43-22-17-36(18-23-43)50-29-30-53-55(59-50)48-9-3-5-11-51(48)62-53)44-24-19-37(20-25-44)57-58-34-54-56(60-57)49-10-4-6-12-52(49)63-54/h1-34H. The van der Waals surface area contributed by atoms with Gasteiger partial charge in [-0.05, 0) is 141 Å². The Bertz CT molecular complexity index is 3770. The lowest BCUT2D eigenvalue weighted by atomic mass is 9.96. The Hall–Kier alpha value is -8.61. The lowest BCUT2D eigenvalue weighted by molar-refractivity contribution is 0.666. The molecule has 63 heavy (non-hydrogen) atoms. The smallest absolute Gasteiger partial charge is 0.172 e. The van der Waals surface area contributed by atoms with Crippen LogP contribution in [-0.2, 0) is 0 Å². The monoisotopic (exact) mass is 806 g/mol. The molecular formula is C57H34N4O2. The number of fused-ring (bicyclic) bond motifs is 10. The molecule has 13 aromatic rings. The van der Waals surface area contributed by atoms with Gasteiger partial charge in [-0.15, -0.1) is 0 Å². The zero-order valence-electron chi connectivity index (χ0n) is 33.7. The summed E-state index contributed by atoms with van der Waals surface area (Å²) >= 11 is 0. The molecule has 0 fully saturated rings. The second kappa shape index (κ2) is 14.0. The van der Waals surface area contributed by atoms with Gasteiger partial charge in [-0.25, -0.2) is 15.0 Å². The SMILES string of the molecule is c1ccc2cc(-c3ccc4c(ccc5cc(N(c6ccc(-c7ccc8oc9ccccc9c8n7)cc6)c6ccc(-c7ncc8oc9ccccc9c8n7)cc6)ccc54)c3)ccc2c1. The number of hydrogen-bond donors (Lipinski definition) is 0. The molecule has 0 spiro atoms. The Balaban J connectivity index is 0.891. The van der Waals surface area contributed by atoms with Crippen LogP contribution in [-0.4, -0.2) is 15.0 Å². The molecule has 13 rings (SSSR count). The number of benzene rings is 9. The van der Waals surface area contributed by atoms with E-state index < -0.39 is 0 Å². The number of furan rings is 2. The van der Waals surface area contributed by atoms with Crippen LogP contribution >= 0.6 is 0 Å². The van der Waals surface area contributed by atoms with Crippen LogP contribution in [0.5, 0.6) is 0 Å². The van der Waals surface area contributed by atoms with Gasteiger partial charge < -0.3 is 13.7 Å². The van der Waals surface area contributed by atoms with Gasteiger partial charge in [-0.2, -0.15) is 0 Å². The summed E-state index contributed by atoms with van der Waals surface area (Å²) in [6.45, 7) is 0. The third-order valence-corrected chi connectivity index (χ3v) is 12.3. The second-order valence-corrected chi connectivity index (χ2v) is 16.0. The topological polar surface area (TPSA) is 68.2 Å². The molecule has 6 nitrogen and oxygen atoms in total. The average molecular weight is 807 g/mol. The van der Waals surface area contributed by atoms with Crippen molar-refractivity contribution >= 4 is 93.5 Å². The van der Waals surface area contributed by atoms with Crippen molar-refractivity contribution in [3.05, 3.63) is 206 Å². The quantitative estimate of drug-likeness (QED) is 0.156. The van der Waals surface area contributed by atoms with E-state index in [4.69, 9.17) is 23.8 Å². The molecule has 0 radical (unpaired) electrons. The van der Waals surface area contributed by atoms with Crippen LogP contribution in [0.2, 0.25) is 0 Å². The first-order valence-electron chi connectivity index (χ1n) is 21.1. The number of rotatable bonds is 6. The largest absolute Gasteiger partial charge is 0.454 e. The second-order valence-electron chi connectivity index (χ2n) is 16.0. The van der Waals surface area contributed by atoms with Crippen molar-refractivity contribution in [2.75, 3.05) is 4.90 Å². The van der Waals surface area contributed by atoms with Gasteiger partial charge in [0.15, 0.2) is 17.0 Å². The highest BCUT2D eigenvalue weighted by Gasteiger charge is 2.17. The van der Waals surface area contributed by atoms with E-state index in [-0.39, 0.29) is 0 Å². The fourth-order valence-electron chi connectivity index (χ4n) is 9.13. The Morgan fingerprint density at radius 3 is 1.62 bits per heavy atom. The molecule has 0 saturated carbocycles. The molecule has 0 atom stereocenters. The van der Waals surface area contributed by atoms with Crippen molar-refractivity contribution in [1.82, 2.24) is 15.0 Å². The maximum Gasteiger partial charge on any atom is 0.172 e. The minimum absolute atomic E-state index is 0.646. The maximum atomic E-state index is 6.07. The Morgan fingerprint density at radius 2 is 0.873 bits per heavy atom. The highest BCUT2D eigenvalue weighted by Crippen LogP contribution is 2.40. The lowest BCUT2D eigenvalue weighted by Gasteiger charge is -2.26. The molecule has 294 valence electrons. The van der Waals surface area contributed by atoms with E-state index in [1.54, 1.807) is 6.20 Å². The Kier molecular flexibility index (Phi) is 7.80. The van der Waals surface area contributed by atoms with E-state index in [1.165, 1.54) is 38.1 Å². The average Bonchev–Trinajstić information content (AvgIpc) is 3.92. The molecule has 4 heterocycles. The molecule has 0 unspecified atom stereocenters. The summed E-state index contributed by atoms with van der Waals surface area (Å²) in [6, 6.07) is 70.4. The number of pyridine rings is 1. The summed E-state index contributed by atoms with van der Waals surface area (Å²) in [7, 11) is 0. The van der Waals surface area contributed by atoms with Crippen LogP contribution in [0.25, 0.3) is 110 Å². The van der Waals surface area contributed by atoms with E-state index in [9.17, 15) is 0 Å². The molecule has 0 aliphatic carbocycles. The van der Waals surface area contributed by atoms with Gasteiger partial charge in [0.25, 0.3) is 0 Å². The molecule has 0 aliphatic heterocycles. The summed E-state index contributed by atoms with van der Waals surface area (Å²) in [5.74, 6) is 0.646. The van der Waals surface area contributed by atoms with Crippen molar-refractivity contribution < 1.29 is 8.83 Å². The predicted molar refractivity (Wildman–Crippen MR) is 258 cm³/mol. The van der Waals surface area contributed by atoms with Crippen LogP contribution in [0.1, 0.15) is 0 Å². The Morgan fingerprint density at radius 1 is 0.333 bits per heavy atom. The fraction of sp³-hybridized carbons (Fsp3) is 0. The van der Waals surface area contributed by atoms with E-state index in [2.05, 4.69) is 150 Å². The number of aromatic nitrogens is 3. The van der Waals surface area contributed by atoms with Crippen molar-refractivity contribution in [3.8, 4) is 33.8 Å². The molecule has 0 amide bonds. The van der Waals surface area contributed by atoms with Crippen molar-refractivity contribution in [2.24, 2.45) is 0 Å². The normalized spacial score (nSPS) is 11.8. The zero-order valence-corrected chi connectivity index (χ0v) is 33.7. The molecule has 6 heteroatoms. The van der Waals surface area contributed by atoms with Gasteiger partial charge in [-0.3, -0.25) is 0 Å². The predicted octanol–water partition coefficient (Wildman–Crippen LogP) is 15.6. The summed E-state index contributed by atoms with van der Waals surface area (Å²) in [6.07, 6.45) is 1.77. The number of hydrogen-bond acceptors (Lipinski definition) is 6. The van der Waals surface area contributed by atoms with E-state index >= 15 is 0 Å². The van der Waals surface area contributed by atoms with Gasteiger partial charge in [-0.1, -0.05) is 103 Å². The number of para-hydroxylation sites is 2. The minimum atomic E-state index is 0.646. The maximum absolute atomic E-state index is 6.07. The zero-order chi connectivity index (χ0) is 41.4. The number of anilines is 3. The van der Waals surface area contributed by atoms with Crippen molar-refractivity contribution in [3.63, 3.8) is 0 Å². The molecule has 0 aliphatic rings. The van der Waals surface area contributed by atoms with Gasteiger partial charge in [0.05, 0.1) is 11.9 Å². The van der Waals surface area contributed by atoms with Gasteiger partial charge in [0.1, 0.15) is 22.2 Å². The highest BCUT2D eigenvalue weighted by molar-refractivity contribution is 6.10. The summed E-state index contributed by atoms with van der Waals surface area (Å²) in [4.78, 5) is 17.0. The van der Waals surface area contributed by atoms with Gasteiger partial charge in [0, 0.05) is 39.0 Å². The third-order valence-electron chi connectivity index (χ3n) is 12.3.